The number of rotatable bonds is 5. The summed E-state index contributed by atoms with van der Waals surface area (Å²) in [4.78, 5) is 36.2. The van der Waals surface area contributed by atoms with Crippen LogP contribution in [-0.4, -0.2) is 47.4 Å². The fourth-order valence-electron chi connectivity index (χ4n) is 2.57. The highest BCUT2D eigenvalue weighted by molar-refractivity contribution is 5.97. The molecule has 0 aliphatic carbocycles. The Labute approximate surface area is 129 Å². The number of amides is 2. The van der Waals surface area contributed by atoms with Gasteiger partial charge in [0.25, 0.3) is 0 Å². The maximum Gasteiger partial charge on any atom is 0.317 e. The van der Waals surface area contributed by atoms with Gasteiger partial charge in [-0.3, -0.25) is 9.59 Å². The molecule has 1 aliphatic heterocycles. The second kappa shape index (κ2) is 7.59. The molecule has 1 aromatic carbocycles. The third kappa shape index (κ3) is 4.31. The van der Waals surface area contributed by atoms with Crippen LogP contribution in [0.4, 0.5) is 4.79 Å². The number of nitrogens with zero attached hydrogens (tertiary/aromatic N) is 1. The fraction of sp³-hybridized carbons (Fsp3) is 0.438. The molecule has 2 N–H and O–H groups in total. The minimum absolute atomic E-state index is 0.0505. The van der Waals surface area contributed by atoms with Crippen LogP contribution in [0.25, 0.3) is 0 Å². The van der Waals surface area contributed by atoms with Crippen LogP contribution in [0.15, 0.2) is 30.3 Å². The molecule has 6 nitrogen and oxygen atoms in total. The van der Waals surface area contributed by atoms with Gasteiger partial charge in [0.2, 0.25) is 0 Å². The number of hydrogen-bond donors (Lipinski definition) is 2. The van der Waals surface area contributed by atoms with Crippen LogP contribution < -0.4 is 5.32 Å². The molecule has 1 fully saturated rings. The number of hydrogen-bond acceptors (Lipinski definition) is 3. The number of ketones is 1. The van der Waals surface area contributed by atoms with Crippen molar-refractivity contribution in [2.45, 2.75) is 19.3 Å². The minimum Gasteiger partial charge on any atom is -0.481 e. The van der Waals surface area contributed by atoms with Crippen molar-refractivity contribution in [1.82, 2.24) is 10.2 Å². The molecular weight excluding hydrogens is 284 g/mol. The standard InChI is InChI=1S/C16H20N2O4/c19-14(20)6-9-17-16(22)18-10-7-13(8-11-18)15(21)12-4-2-1-3-5-12/h1-5,13H,6-11H2,(H,17,22)(H,19,20). The second-order valence-corrected chi connectivity index (χ2v) is 5.37. The van der Waals surface area contributed by atoms with Crippen molar-refractivity contribution in [2.24, 2.45) is 5.92 Å². The maximum atomic E-state index is 12.3. The summed E-state index contributed by atoms with van der Waals surface area (Å²) in [6, 6.07) is 8.93. The van der Waals surface area contributed by atoms with E-state index in [1.54, 1.807) is 4.90 Å². The summed E-state index contributed by atoms with van der Waals surface area (Å²) < 4.78 is 0. The molecule has 0 saturated carbocycles. The van der Waals surface area contributed by atoms with Crippen molar-refractivity contribution in [1.29, 1.82) is 0 Å². The zero-order chi connectivity index (χ0) is 15.9. The summed E-state index contributed by atoms with van der Waals surface area (Å²) in [7, 11) is 0. The van der Waals surface area contributed by atoms with Gasteiger partial charge in [-0.1, -0.05) is 30.3 Å². The first-order valence-corrected chi connectivity index (χ1v) is 7.42. The van der Waals surface area contributed by atoms with Gasteiger partial charge in [-0.2, -0.15) is 0 Å². The molecule has 0 bridgehead atoms. The Morgan fingerprint density at radius 2 is 1.77 bits per heavy atom. The monoisotopic (exact) mass is 304 g/mol. The van der Waals surface area contributed by atoms with Crippen LogP contribution >= 0.6 is 0 Å². The molecular formula is C16H20N2O4. The van der Waals surface area contributed by atoms with E-state index in [2.05, 4.69) is 5.32 Å². The predicted molar refractivity (Wildman–Crippen MR) is 80.7 cm³/mol. The molecule has 1 aromatic rings. The highest BCUT2D eigenvalue weighted by Gasteiger charge is 2.27. The Hall–Kier alpha value is -2.37. The molecule has 1 aliphatic rings. The van der Waals surface area contributed by atoms with E-state index >= 15 is 0 Å². The Kier molecular flexibility index (Phi) is 5.52. The normalized spacial score (nSPS) is 15.4. The number of nitrogens with one attached hydrogen (secondary N) is 1. The lowest BCUT2D eigenvalue weighted by molar-refractivity contribution is -0.136. The van der Waals surface area contributed by atoms with Crippen molar-refractivity contribution < 1.29 is 19.5 Å². The Bertz CT molecular complexity index is 536. The summed E-state index contributed by atoms with van der Waals surface area (Å²) >= 11 is 0. The quantitative estimate of drug-likeness (QED) is 0.812. The van der Waals surface area contributed by atoms with Crippen LogP contribution in [0.1, 0.15) is 29.6 Å². The Balaban J connectivity index is 1.79. The largest absolute Gasteiger partial charge is 0.481 e. The van der Waals surface area contributed by atoms with E-state index in [9.17, 15) is 14.4 Å². The molecule has 0 radical (unpaired) electrons. The third-order valence-corrected chi connectivity index (χ3v) is 3.83. The fourth-order valence-corrected chi connectivity index (χ4v) is 2.57. The molecule has 1 heterocycles. The van der Waals surface area contributed by atoms with Crippen molar-refractivity contribution in [3.8, 4) is 0 Å². The van der Waals surface area contributed by atoms with Crippen LogP contribution in [0.3, 0.4) is 0 Å². The SMILES string of the molecule is O=C(O)CCNC(=O)N1CCC(C(=O)c2ccccc2)CC1. The first-order chi connectivity index (χ1) is 10.6. The van der Waals surface area contributed by atoms with Gasteiger partial charge in [0.05, 0.1) is 6.42 Å². The number of carboxylic acids is 1. The van der Waals surface area contributed by atoms with E-state index in [1.807, 2.05) is 30.3 Å². The van der Waals surface area contributed by atoms with Crippen molar-refractivity contribution >= 4 is 17.8 Å². The number of benzene rings is 1. The molecule has 2 amide bonds. The second-order valence-electron chi connectivity index (χ2n) is 5.37. The van der Waals surface area contributed by atoms with Gasteiger partial charge in [0.15, 0.2) is 5.78 Å². The van der Waals surface area contributed by atoms with Gasteiger partial charge in [-0.05, 0) is 12.8 Å². The van der Waals surface area contributed by atoms with Crippen LogP contribution in [0, 0.1) is 5.92 Å². The van der Waals surface area contributed by atoms with Crippen LogP contribution in [-0.2, 0) is 4.79 Å². The zero-order valence-corrected chi connectivity index (χ0v) is 12.3. The summed E-state index contributed by atoms with van der Waals surface area (Å²) in [6.45, 7) is 1.15. The van der Waals surface area contributed by atoms with Gasteiger partial charge >= 0.3 is 12.0 Å². The van der Waals surface area contributed by atoms with E-state index in [0.29, 0.717) is 31.5 Å². The topological polar surface area (TPSA) is 86.7 Å². The molecule has 0 unspecified atom stereocenters. The van der Waals surface area contributed by atoms with Gasteiger partial charge in [-0.25, -0.2) is 4.79 Å². The van der Waals surface area contributed by atoms with Crippen molar-refractivity contribution in [2.75, 3.05) is 19.6 Å². The average Bonchev–Trinajstić information content (AvgIpc) is 2.54. The highest BCUT2D eigenvalue weighted by Crippen LogP contribution is 2.21. The zero-order valence-electron chi connectivity index (χ0n) is 12.3. The lowest BCUT2D eigenvalue weighted by Gasteiger charge is -2.31. The third-order valence-electron chi connectivity index (χ3n) is 3.83. The van der Waals surface area contributed by atoms with E-state index in [0.717, 1.165) is 0 Å². The number of carboxylic acid groups (broad SMARTS) is 1. The van der Waals surface area contributed by atoms with Gasteiger partial charge in [-0.15, -0.1) is 0 Å². The number of carbonyl (C=O) groups excluding carboxylic acids is 2. The van der Waals surface area contributed by atoms with Gasteiger partial charge in [0.1, 0.15) is 0 Å². The van der Waals surface area contributed by atoms with E-state index in [1.165, 1.54) is 0 Å². The first kappa shape index (κ1) is 16.0. The minimum atomic E-state index is -0.938. The van der Waals surface area contributed by atoms with Crippen LogP contribution in [0.5, 0.6) is 0 Å². The van der Waals surface area contributed by atoms with Crippen molar-refractivity contribution in [3.05, 3.63) is 35.9 Å². The molecule has 0 spiro atoms. The molecule has 0 aromatic heterocycles. The van der Waals surface area contributed by atoms with Gasteiger partial charge < -0.3 is 15.3 Å². The smallest absolute Gasteiger partial charge is 0.317 e. The van der Waals surface area contributed by atoms with E-state index in [4.69, 9.17) is 5.11 Å². The lowest BCUT2D eigenvalue weighted by Crippen LogP contribution is -2.45. The number of Topliss-reactive ketones (excluding diaryl/α,β-unsaturated/α-hetero) is 1. The van der Waals surface area contributed by atoms with Crippen molar-refractivity contribution in [3.63, 3.8) is 0 Å². The molecule has 118 valence electrons. The van der Waals surface area contributed by atoms with E-state index < -0.39 is 5.97 Å². The first-order valence-electron chi connectivity index (χ1n) is 7.42. The highest BCUT2D eigenvalue weighted by atomic mass is 16.4. The number of carbonyl (C=O) groups is 3. The number of piperidine rings is 1. The Morgan fingerprint density at radius 3 is 2.36 bits per heavy atom. The number of aliphatic carboxylic acids is 1. The summed E-state index contributed by atoms with van der Waals surface area (Å²) in [6.07, 6.45) is 1.19. The molecule has 2 rings (SSSR count). The molecule has 22 heavy (non-hydrogen) atoms. The predicted octanol–water partition coefficient (Wildman–Crippen LogP) is 1.77. The molecule has 0 atom stereocenters. The summed E-state index contributed by atoms with van der Waals surface area (Å²) in [5, 5.41) is 11.1. The maximum absolute atomic E-state index is 12.3. The van der Waals surface area contributed by atoms with Gasteiger partial charge in [0, 0.05) is 31.1 Å². The number of likely N-dealkylation sites (tertiary alicyclic amines) is 1. The van der Waals surface area contributed by atoms with E-state index in [-0.39, 0.29) is 30.7 Å². The number of urea groups is 1. The lowest BCUT2D eigenvalue weighted by atomic mass is 9.89. The summed E-state index contributed by atoms with van der Waals surface area (Å²) in [5.41, 5.74) is 0.715. The Morgan fingerprint density at radius 1 is 1.14 bits per heavy atom. The molecule has 1 saturated heterocycles. The van der Waals surface area contributed by atoms with Crippen LogP contribution in [0.2, 0.25) is 0 Å². The molecule has 6 heteroatoms. The summed E-state index contributed by atoms with van der Waals surface area (Å²) in [5.74, 6) is -0.857. The average molecular weight is 304 g/mol.